The Bertz CT molecular complexity index is 810. The molecule has 0 N–H and O–H groups in total. The Morgan fingerprint density at radius 1 is 0.897 bits per heavy atom. The molecule has 29 heavy (non-hydrogen) atoms. The Hall–Kier alpha value is -1.78. The summed E-state index contributed by atoms with van der Waals surface area (Å²) in [6.45, 7) is 13.8. The minimum absolute atomic E-state index is 0.109. The molecule has 2 aromatic rings. The maximum Gasteiger partial charge on any atom is 0.201 e. The van der Waals surface area contributed by atoms with Crippen LogP contribution in [-0.2, 0) is 4.43 Å². The largest absolute Gasteiger partial charge is 0.408 e. The molecule has 1 aromatic heterocycles. The van der Waals surface area contributed by atoms with Crippen molar-refractivity contribution in [3.05, 3.63) is 65.5 Å². The number of carbonyl (C=O) groups excluding carboxylic acids is 1. The van der Waals surface area contributed by atoms with Gasteiger partial charge in [0.15, 0.2) is 5.78 Å². The molecule has 0 amide bonds. The second-order valence-corrected chi connectivity index (χ2v) is 14.7. The molecule has 1 heterocycles. The normalized spacial score (nSPS) is 20.2. The van der Waals surface area contributed by atoms with Crippen molar-refractivity contribution in [2.24, 2.45) is 0 Å². The molecule has 0 radical (unpaired) electrons. The number of rotatable bonds is 6. The maximum atomic E-state index is 13.5. The quantitative estimate of drug-likeness (QED) is 0.378. The first-order valence-electron chi connectivity index (χ1n) is 11.0. The number of pyridine rings is 1. The van der Waals surface area contributed by atoms with E-state index in [1.165, 1.54) is 0 Å². The molecule has 0 saturated carbocycles. The number of benzene rings is 1. The second kappa shape index (κ2) is 8.93. The molecular weight excluding hydrogens is 374 g/mol. The lowest BCUT2D eigenvalue weighted by atomic mass is 9.89. The van der Waals surface area contributed by atoms with Gasteiger partial charge in [0.05, 0.1) is 11.8 Å². The SMILES string of the molecule is CC(C)[Si](O[C@@H]1CC[C@@H](c2ccccc2)C(=O)c2cccnc21)(C(C)C)C(C)C. The van der Waals surface area contributed by atoms with Gasteiger partial charge in [-0.2, -0.15) is 0 Å². The molecule has 0 saturated heterocycles. The predicted molar refractivity (Wildman–Crippen MR) is 122 cm³/mol. The van der Waals surface area contributed by atoms with Crippen molar-refractivity contribution in [1.82, 2.24) is 4.98 Å². The van der Waals surface area contributed by atoms with Gasteiger partial charge in [0, 0.05) is 17.7 Å². The smallest absolute Gasteiger partial charge is 0.201 e. The van der Waals surface area contributed by atoms with Crippen LogP contribution in [-0.4, -0.2) is 19.1 Å². The van der Waals surface area contributed by atoms with Crippen LogP contribution < -0.4 is 0 Å². The van der Waals surface area contributed by atoms with E-state index in [9.17, 15) is 4.79 Å². The number of nitrogens with zero attached hydrogens (tertiary/aromatic N) is 1. The summed E-state index contributed by atoms with van der Waals surface area (Å²) in [5, 5.41) is 0. The standard InChI is InChI=1S/C25H35NO2Si/c1-17(2)29(18(3)4,19(5)6)28-23-15-14-21(20-11-8-7-9-12-20)25(27)22-13-10-16-26-24(22)23/h7-13,16-19,21,23H,14-15H2,1-6H3/t21-,23+/m0/s1. The second-order valence-electron chi connectivity index (χ2n) is 9.27. The molecule has 3 rings (SSSR count). The van der Waals surface area contributed by atoms with Crippen LogP contribution in [0.25, 0.3) is 0 Å². The number of fused-ring (bicyclic) bond motifs is 1. The van der Waals surface area contributed by atoms with Gasteiger partial charge in [0.25, 0.3) is 0 Å². The number of carbonyl (C=O) groups is 1. The van der Waals surface area contributed by atoms with Gasteiger partial charge in [-0.05, 0) is 47.2 Å². The highest BCUT2D eigenvalue weighted by Crippen LogP contribution is 2.47. The minimum atomic E-state index is -2.08. The van der Waals surface area contributed by atoms with Gasteiger partial charge in [-0.25, -0.2) is 0 Å². The monoisotopic (exact) mass is 409 g/mol. The third-order valence-electron chi connectivity index (χ3n) is 6.70. The van der Waals surface area contributed by atoms with Crippen LogP contribution in [0.5, 0.6) is 0 Å². The fourth-order valence-corrected chi connectivity index (χ4v) is 11.0. The van der Waals surface area contributed by atoms with Crippen molar-refractivity contribution in [3.8, 4) is 0 Å². The summed E-state index contributed by atoms with van der Waals surface area (Å²) < 4.78 is 7.13. The highest BCUT2D eigenvalue weighted by molar-refractivity contribution is 6.77. The van der Waals surface area contributed by atoms with Gasteiger partial charge in [0.2, 0.25) is 8.32 Å². The molecule has 0 spiro atoms. The number of hydrogen-bond acceptors (Lipinski definition) is 3. The van der Waals surface area contributed by atoms with Crippen LogP contribution in [0.3, 0.4) is 0 Å². The van der Waals surface area contributed by atoms with E-state index >= 15 is 0 Å². The van der Waals surface area contributed by atoms with E-state index < -0.39 is 8.32 Å². The predicted octanol–water partition coefficient (Wildman–Crippen LogP) is 7.08. The molecule has 0 aliphatic heterocycles. The molecule has 0 bridgehead atoms. The van der Waals surface area contributed by atoms with Gasteiger partial charge >= 0.3 is 0 Å². The number of aromatic nitrogens is 1. The van der Waals surface area contributed by atoms with Crippen molar-refractivity contribution in [2.75, 3.05) is 0 Å². The zero-order valence-electron chi connectivity index (χ0n) is 18.7. The Labute approximate surface area is 177 Å². The van der Waals surface area contributed by atoms with Crippen LogP contribution in [0.15, 0.2) is 48.7 Å². The van der Waals surface area contributed by atoms with Gasteiger partial charge in [-0.1, -0.05) is 71.9 Å². The van der Waals surface area contributed by atoms with Crippen molar-refractivity contribution >= 4 is 14.1 Å². The third-order valence-corrected chi connectivity index (χ3v) is 12.8. The van der Waals surface area contributed by atoms with Gasteiger partial charge in [-0.3, -0.25) is 9.78 Å². The van der Waals surface area contributed by atoms with Crippen molar-refractivity contribution < 1.29 is 9.22 Å². The maximum absolute atomic E-state index is 13.5. The van der Waals surface area contributed by atoms with Crippen LogP contribution in [0, 0.1) is 0 Å². The van der Waals surface area contributed by atoms with Gasteiger partial charge < -0.3 is 4.43 Å². The fourth-order valence-electron chi connectivity index (χ4n) is 5.43. The van der Waals surface area contributed by atoms with E-state index in [4.69, 9.17) is 4.43 Å². The van der Waals surface area contributed by atoms with Crippen LogP contribution in [0.2, 0.25) is 16.6 Å². The van der Waals surface area contributed by atoms with E-state index in [0.717, 1.165) is 29.7 Å². The van der Waals surface area contributed by atoms with E-state index in [1.807, 2.05) is 30.3 Å². The molecule has 156 valence electrons. The number of hydrogen-bond donors (Lipinski definition) is 0. The zero-order chi connectivity index (χ0) is 21.2. The third kappa shape index (κ3) is 4.10. The lowest BCUT2D eigenvalue weighted by Crippen LogP contribution is -2.48. The molecular formula is C25H35NO2Si. The average molecular weight is 410 g/mol. The van der Waals surface area contributed by atoms with Gasteiger partial charge in [0.1, 0.15) is 0 Å². The first-order valence-corrected chi connectivity index (χ1v) is 13.1. The Balaban J connectivity index is 2.03. The van der Waals surface area contributed by atoms with Crippen LogP contribution >= 0.6 is 0 Å². The Morgan fingerprint density at radius 2 is 1.52 bits per heavy atom. The fraction of sp³-hybridized carbons (Fsp3) is 0.520. The van der Waals surface area contributed by atoms with Gasteiger partial charge in [-0.15, -0.1) is 0 Å². The molecule has 1 aromatic carbocycles. The molecule has 3 nitrogen and oxygen atoms in total. The molecule has 2 atom stereocenters. The average Bonchev–Trinajstić information content (AvgIpc) is 2.83. The topological polar surface area (TPSA) is 39.2 Å². The number of ketones is 1. The summed E-state index contributed by atoms with van der Waals surface area (Å²) in [7, 11) is -2.08. The van der Waals surface area contributed by atoms with E-state index in [-0.39, 0.29) is 17.8 Å². The summed E-state index contributed by atoms with van der Waals surface area (Å²) in [5.41, 5.74) is 4.17. The Morgan fingerprint density at radius 3 is 2.10 bits per heavy atom. The molecule has 1 aliphatic carbocycles. The van der Waals surface area contributed by atoms with Crippen molar-refractivity contribution in [1.29, 1.82) is 0 Å². The number of Topliss-reactive ketones (excluding diaryl/α,β-unsaturated/α-hetero) is 1. The van der Waals surface area contributed by atoms with Crippen LogP contribution in [0.1, 0.15) is 88.0 Å². The highest BCUT2D eigenvalue weighted by Gasteiger charge is 2.48. The van der Waals surface area contributed by atoms with Crippen LogP contribution in [0.4, 0.5) is 0 Å². The molecule has 0 fully saturated rings. The summed E-state index contributed by atoms with van der Waals surface area (Å²) in [4.78, 5) is 18.1. The van der Waals surface area contributed by atoms with E-state index in [1.54, 1.807) is 6.20 Å². The summed E-state index contributed by atoms with van der Waals surface area (Å²) in [6.07, 6.45) is 3.32. The zero-order valence-corrected chi connectivity index (χ0v) is 19.7. The highest BCUT2D eigenvalue weighted by atomic mass is 28.4. The summed E-state index contributed by atoms with van der Waals surface area (Å²) in [6, 6.07) is 14.0. The Kier molecular flexibility index (Phi) is 6.75. The van der Waals surface area contributed by atoms with Crippen molar-refractivity contribution in [2.45, 2.75) is 83.0 Å². The first-order chi connectivity index (χ1) is 13.8. The van der Waals surface area contributed by atoms with E-state index in [0.29, 0.717) is 16.6 Å². The summed E-state index contributed by atoms with van der Waals surface area (Å²) in [5.74, 6) is 0.0530. The van der Waals surface area contributed by atoms with Crippen molar-refractivity contribution in [3.63, 3.8) is 0 Å². The van der Waals surface area contributed by atoms with E-state index in [2.05, 4.69) is 58.7 Å². The summed E-state index contributed by atoms with van der Waals surface area (Å²) >= 11 is 0. The molecule has 0 unspecified atom stereocenters. The molecule has 1 aliphatic rings. The first kappa shape index (κ1) is 21.9. The lowest BCUT2D eigenvalue weighted by Gasteiger charge is -2.44. The lowest BCUT2D eigenvalue weighted by molar-refractivity contribution is 0.0956. The molecule has 4 heteroatoms. The minimum Gasteiger partial charge on any atom is -0.408 e.